The second-order valence-electron chi connectivity index (χ2n) is 7.62. The van der Waals surface area contributed by atoms with Crippen LogP contribution in [0.5, 0.6) is 0 Å². The Morgan fingerprint density at radius 1 is 1.25 bits per heavy atom. The van der Waals surface area contributed by atoms with Gasteiger partial charge >= 0.3 is 5.97 Å². The topological polar surface area (TPSA) is 97.8 Å². The summed E-state index contributed by atoms with van der Waals surface area (Å²) in [5.74, 6) is -0.416. The summed E-state index contributed by atoms with van der Waals surface area (Å²) in [7, 11) is 1.85. The first-order chi connectivity index (χ1) is 13.1. The van der Waals surface area contributed by atoms with E-state index in [0.717, 1.165) is 5.69 Å². The van der Waals surface area contributed by atoms with Gasteiger partial charge in [0.05, 0.1) is 29.5 Å². The molecule has 1 N–H and O–H groups in total. The van der Waals surface area contributed by atoms with E-state index in [4.69, 9.17) is 4.74 Å². The summed E-state index contributed by atoms with van der Waals surface area (Å²) in [6.45, 7) is 10.0. The standard InChI is InChI=1S/C20H28N6O2/c1-7-28-18(27)12-17(20(4,5)16-8-10-25(6)23-16)22-14-26-11-9-15(24-26)19(2,3)13-21/h8-12,22H,7,14H2,1-6H3/b17-12+. The smallest absolute Gasteiger partial charge is 0.332 e. The number of carbonyl (C=O) groups excluding carboxylic acids is 1. The van der Waals surface area contributed by atoms with Crippen LogP contribution in [0, 0.1) is 11.3 Å². The monoisotopic (exact) mass is 384 g/mol. The minimum atomic E-state index is -0.665. The Morgan fingerprint density at radius 3 is 2.50 bits per heavy atom. The average molecular weight is 384 g/mol. The van der Waals surface area contributed by atoms with E-state index in [1.165, 1.54) is 6.08 Å². The molecule has 0 aliphatic heterocycles. The lowest BCUT2D eigenvalue weighted by Gasteiger charge is -2.27. The minimum Gasteiger partial charge on any atom is -0.463 e. The number of nitriles is 1. The largest absolute Gasteiger partial charge is 0.463 e. The quantitative estimate of drug-likeness (QED) is 0.554. The summed E-state index contributed by atoms with van der Waals surface area (Å²) < 4.78 is 8.51. The highest BCUT2D eigenvalue weighted by Gasteiger charge is 2.29. The molecule has 0 saturated carbocycles. The second kappa shape index (κ2) is 8.30. The number of hydrogen-bond donors (Lipinski definition) is 1. The van der Waals surface area contributed by atoms with E-state index >= 15 is 0 Å². The van der Waals surface area contributed by atoms with Crippen molar-refractivity contribution in [2.45, 2.75) is 52.1 Å². The average Bonchev–Trinajstić information content (AvgIpc) is 3.28. The third kappa shape index (κ3) is 4.80. The first-order valence-electron chi connectivity index (χ1n) is 9.18. The molecule has 2 rings (SSSR count). The highest BCUT2D eigenvalue weighted by molar-refractivity contribution is 5.83. The van der Waals surface area contributed by atoms with Gasteiger partial charge in [0.15, 0.2) is 0 Å². The van der Waals surface area contributed by atoms with Gasteiger partial charge in [0.1, 0.15) is 6.67 Å². The van der Waals surface area contributed by atoms with Crippen LogP contribution in [-0.4, -0.2) is 32.1 Å². The normalized spacial score (nSPS) is 12.5. The first-order valence-corrected chi connectivity index (χ1v) is 9.18. The molecular formula is C20H28N6O2. The lowest BCUT2D eigenvalue weighted by atomic mass is 9.85. The third-order valence-electron chi connectivity index (χ3n) is 4.57. The van der Waals surface area contributed by atoms with Gasteiger partial charge in [0.25, 0.3) is 0 Å². The molecule has 0 aromatic carbocycles. The Kier molecular flexibility index (Phi) is 6.29. The lowest BCUT2D eigenvalue weighted by Crippen LogP contribution is -2.33. The molecule has 0 saturated heterocycles. The molecule has 8 nitrogen and oxygen atoms in total. The molecule has 0 spiro atoms. The van der Waals surface area contributed by atoms with Crippen LogP contribution in [0.1, 0.15) is 46.0 Å². The number of allylic oxidation sites excluding steroid dienone is 1. The summed E-state index contributed by atoms with van der Waals surface area (Å²) in [5.41, 5.74) is 0.973. The van der Waals surface area contributed by atoms with Crippen molar-refractivity contribution in [1.82, 2.24) is 24.9 Å². The van der Waals surface area contributed by atoms with E-state index in [1.807, 2.05) is 53.1 Å². The Labute approximate surface area is 165 Å². The molecule has 0 unspecified atom stereocenters. The fourth-order valence-electron chi connectivity index (χ4n) is 2.65. The Bertz CT molecular complexity index is 898. The number of nitrogens with one attached hydrogen (secondary N) is 1. The molecule has 2 heterocycles. The van der Waals surface area contributed by atoms with Gasteiger partial charge in [0, 0.05) is 36.6 Å². The van der Waals surface area contributed by atoms with Gasteiger partial charge in [-0.15, -0.1) is 0 Å². The molecule has 28 heavy (non-hydrogen) atoms. The maximum Gasteiger partial charge on any atom is 0.332 e. The summed E-state index contributed by atoms with van der Waals surface area (Å²) in [5, 5.41) is 21.5. The fraction of sp³-hybridized carbons (Fsp3) is 0.500. The third-order valence-corrected chi connectivity index (χ3v) is 4.57. The summed E-state index contributed by atoms with van der Waals surface area (Å²) >= 11 is 0. The molecular weight excluding hydrogens is 356 g/mol. The maximum atomic E-state index is 12.1. The van der Waals surface area contributed by atoms with Crippen LogP contribution in [0.4, 0.5) is 0 Å². The number of esters is 1. The van der Waals surface area contributed by atoms with Gasteiger partial charge in [-0.2, -0.15) is 15.5 Å². The van der Waals surface area contributed by atoms with Gasteiger partial charge in [-0.1, -0.05) is 0 Å². The lowest BCUT2D eigenvalue weighted by molar-refractivity contribution is -0.137. The highest BCUT2D eigenvalue weighted by Crippen LogP contribution is 2.28. The van der Waals surface area contributed by atoms with Crippen molar-refractivity contribution in [3.63, 3.8) is 0 Å². The van der Waals surface area contributed by atoms with E-state index in [2.05, 4.69) is 21.6 Å². The number of aromatic nitrogens is 4. The van der Waals surface area contributed by atoms with Crippen molar-refractivity contribution in [2.75, 3.05) is 6.61 Å². The van der Waals surface area contributed by atoms with Crippen LogP contribution in [0.25, 0.3) is 0 Å². The second-order valence-corrected chi connectivity index (χ2v) is 7.62. The molecule has 8 heteroatoms. The van der Waals surface area contributed by atoms with Crippen molar-refractivity contribution in [3.8, 4) is 6.07 Å². The fourth-order valence-corrected chi connectivity index (χ4v) is 2.65. The van der Waals surface area contributed by atoms with E-state index in [1.54, 1.807) is 22.5 Å². The summed E-state index contributed by atoms with van der Waals surface area (Å²) in [4.78, 5) is 12.1. The molecule has 0 amide bonds. The zero-order chi connectivity index (χ0) is 20.9. The van der Waals surface area contributed by atoms with Crippen LogP contribution in [0.3, 0.4) is 0 Å². The van der Waals surface area contributed by atoms with Crippen LogP contribution < -0.4 is 5.32 Å². The van der Waals surface area contributed by atoms with E-state index in [0.29, 0.717) is 24.7 Å². The number of ether oxygens (including phenoxy) is 1. The van der Waals surface area contributed by atoms with Gasteiger partial charge < -0.3 is 10.1 Å². The van der Waals surface area contributed by atoms with E-state index in [-0.39, 0.29) is 0 Å². The predicted octanol–water partition coefficient (Wildman–Crippen LogP) is 2.39. The molecule has 0 atom stereocenters. The van der Waals surface area contributed by atoms with Gasteiger partial charge in [-0.25, -0.2) is 4.79 Å². The zero-order valence-electron chi connectivity index (χ0n) is 17.4. The van der Waals surface area contributed by atoms with Crippen molar-refractivity contribution in [2.24, 2.45) is 7.05 Å². The predicted molar refractivity (Wildman–Crippen MR) is 105 cm³/mol. The van der Waals surface area contributed by atoms with Gasteiger partial charge in [-0.05, 0) is 46.8 Å². The number of carbonyl (C=O) groups is 1. The molecule has 0 aliphatic rings. The highest BCUT2D eigenvalue weighted by atomic mass is 16.5. The Balaban J connectivity index is 2.26. The van der Waals surface area contributed by atoms with Crippen molar-refractivity contribution >= 4 is 5.97 Å². The zero-order valence-corrected chi connectivity index (χ0v) is 17.4. The molecule has 0 aliphatic carbocycles. The van der Waals surface area contributed by atoms with Gasteiger partial charge in [0.2, 0.25) is 0 Å². The molecule has 2 aromatic heterocycles. The minimum absolute atomic E-state index is 0.304. The number of aryl methyl sites for hydroxylation is 1. The molecule has 0 fully saturated rings. The summed E-state index contributed by atoms with van der Waals surface area (Å²) in [6.07, 6.45) is 5.13. The molecule has 150 valence electrons. The maximum absolute atomic E-state index is 12.1. The van der Waals surface area contributed by atoms with Crippen LogP contribution in [0.15, 0.2) is 36.3 Å². The van der Waals surface area contributed by atoms with Crippen molar-refractivity contribution in [3.05, 3.63) is 47.7 Å². The van der Waals surface area contributed by atoms with Gasteiger partial charge in [-0.3, -0.25) is 9.36 Å². The first kappa shape index (κ1) is 21.2. The number of rotatable bonds is 8. The summed E-state index contributed by atoms with van der Waals surface area (Å²) in [6, 6.07) is 5.99. The van der Waals surface area contributed by atoms with Crippen molar-refractivity contribution < 1.29 is 9.53 Å². The Morgan fingerprint density at radius 2 is 1.93 bits per heavy atom. The van der Waals surface area contributed by atoms with Crippen molar-refractivity contribution in [1.29, 1.82) is 5.26 Å². The SMILES string of the molecule is CCOC(=O)/C=C(/NCn1ccc(C(C)(C)C#N)n1)C(C)(C)c1ccn(C)n1. The van der Waals surface area contributed by atoms with E-state index in [9.17, 15) is 10.1 Å². The van der Waals surface area contributed by atoms with Crippen LogP contribution >= 0.6 is 0 Å². The van der Waals surface area contributed by atoms with Crippen LogP contribution in [-0.2, 0) is 34.1 Å². The number of hydrogen-bond acceptors (Lipinski definition) is 6. The molecule has 0 bridgehead atoms. The Hall–Kier alpha value is -3.08. The van der Waals surface area contributed by atoms with Crippen LogP contribution in [0.2, 0.25) is 0 Å². The number of nitrogens with zero attached hydrogens (tertiary/aromatic N) is 5. The molecule has 2 aromatic rings. The molecule has 0 radical (unpaired) electrons. The van der Waals surface area contributed by atoms with E-state index < -0.39 is 16.8 Å².